The molecule has 1 unspecified atom stereocenters. The second-order valence-electron chi connectivity index (χ2n) is 9.69. The number of ether oxygens (including phenoxy) is 2. The van der Waals surface area contributed by atoms with Crippen LogP contribution in [-0.4, -0.2) is 71.6 Å². The molecule has 2 saturated heterocycles. The van der Waals surface area contributed by atoms with Crippen molar-refractivity contribution in [3.05, 3.63) is 48.2 Å². The van der Waals surface area contributed by atoms with E-state index in [1.54, 1.807) is 6.07 Å². The fourth-order valence-electron chi connectivity index (χ4n) is 4.66. The number of hydrogen-bond acceptors (Lipinski definition) is 8. The number of nitrogens with zero attached hydrogens (tertiary/aromatic N) is 1. The Bertz CT molecular complexity index is 1620. The third-order valence-electron chi connectivity index (χ3n) is 6.83. The molecule has 2 fully saturated rings. The molecule has 2 aromatic carbocycles. The quantitative estimate of drug-likeness (QED) is 0.321. The molecule has 0 radical (unpaired) electrons. The summed E-state index contributed by atoms with van der Waals surface area (Å²) < 4.78 is 60.4. The Hall–Kier alpha value is -3.20. The van der Waals surface area contributed by atoms with Crippen molar-refractivity contribution < 1.29 is 26.3 Å². The molecular weight excluding hydrogens is 526 g/mol. The van der Waals surface area contributed by atoms with E-state index >= 15 is 0 Å². The average Bonchev–Trinajstić information content (AvgIpc) is 3.63. The van der Waals surface area contributed by atoms with Crippen LogP contribution in [0.4, 0.5) is 11.4 Å². The van der Waals surface area contributed by atoms with Gasteiger partial charge in [0.1, 0.15) is 15.6 Å². The summed E-state index contributed by atoms with van der Waals surface area (Å²) in [5.41, 5.74) is 3.53. The summed E-state index contributed by atoms with van der Waals surface area (Å²) in [5, 5.41) is 7.80. The van der Waals surface area contributed by atoms with Crippen LogP contribution in [0.1, 0.15) is 18.5 Å². The molecular formula is C27H31N3O6S2. The van der Waals surface area contributed by atoms with Gasteiger partial charge in [0.15, 0.2) is 9.84 Å². The SMILES string of the molecule is COc1cc(S(C)(=O)=O)ccc1NCC#Cc1cc2c(NC3CCS(=O)(=O)CC3)cccc2n1CC1CO1. The number of anilines is 2. The van der Waals surface area contributed by atoms with Crippen LogP contribution in [0.15, 0.2) is 47.4 Å². The number of epoxide rings is 1. The molecule has 11 heteroatoms. The molecule has 0 bridgehead atoms. The topological polar surface area (TPSA) is 119 Å². The minimum atomic E-state index is -3.33. The summed E-state index contributed by atoms with van der Waals surface area (Å²) in [4.78, 5) is 0.192. The van der Waals surface area contributed by atoms with Crippen molar-refractivity contribution in [1.29, 1.82) is 0 Å². The van der Waals surface area contributed by atoms with Gasteiger partial charge in [-0.25, -0.2) is 16.8 Å². The van der Waals surface area contributed by atoms with Gasteiger partial charge in [0.05, 0.1) is 66.2 Å². The highest BCUT2D eigenvalue weighted by Crippen LogP contribution is 2.31. The lowest BCUT2D eigenvalue weighted by Crippen LogP contribution is -2.32. The molecule has 0 saturated carbocycles. The van der Waals surface area contributed by atoms with E-state index in [0.29, 0.717) is 37.4 Å². The largest absolute Gasteiger partial charge is 0.495 e. The van der Waals surface area contributed by atoms with Gasteiger partial charge in [-0.15, -0.1) is 0 Å². The smallest absolute Gasteiger partial charge is 0.175 e. The first-order chi connectivity index (χ1) is 18.1. The molecule has 2 aliphatic heterocycles. The summed E-state index contributed by atoms with van der Waals surface area (Å²) in [6.07, 6.45) is 2.53. The first-order valence-electron chi connectivity index (χ1n) is 12.4. The third kappa shape index (κ3) is 6.09. The predicted molar refractivity (Wildman–Crippen MR) is 148 cm³/mol. The predicted octanol–water partition coefficient (Wildman–Crippen LogP) is 2.90. The zero-order valence-corrected chi connectivity index (χ0v) is 23.0. The highest BCUT2D eigenvalue weighted by molar-refractivity contribution is 7.91. The summed E-state index contributed by atoms with van der Waals surface area (Å²) in [7, 11) is -4.76. The molecule has 2 N–H and O–H groups in total. The summed E-state index contributed by atoms with van der Waals surface area (Å²) in [6, 6.07) is 13.0. The standard InChI is InChI=1S/C27H31N3O6S2/c1-35-27-16-22(37(2,31)32)8-9-25(27)28-12-4-5-20-15-23-24(29-19-10-13-38(33,34)14-11-19)6-3-7-26(23)30(20)17-21-18-36-21/h3,6-9,15-16,19,21,28-29H,10-14,17-18H2,1-2H3. The highest BCUT2D eigenvalue weighted by Gasteiger charge is 2.26. The van der Waals surface area contributed by atoms with Crippen LogP contribution in [0.5, 0.6) is 5.75 Å². The lowest BCUT2D eigenvalue weighted by Gasteiger charge is -2.24. The van der Waals surface area contributed by atoms with Crippen molar-refractivity contribution in [1.82, 2.24) is 4.57 Å². The maximum atomic E-state index is 11.8. The molecule has 202 valence electrons. The molecule has 0 amide bonds. The lowest BCUT2D eigenvalue weighted by molar-refractivity contribution is 0.385. The van der Waals surface area contributed by atoms with Gasteiger partial charge in [-0.1, -0.05) is 12.0 Å². The zero-order valence-electron chi connectivity index (χ0n) is 21.4. The molecule has 0 aliphatic carbocycles. The van der Waals surface area contributed by atoms with E-state index < -0.39 is 19.7 Å². The molecule has 5 rings (SSSR count). The van der Waals surface area contributed by atoms with Gasteiger partial charge in [-0.05, 0) is 49.1 Å². The van der Waals surface area contributed by atoms with E-state index in [2.05, 4.69) is 39.2 Å². The summed E-state index contributed by atoms with van der Waals surface area (Å²) >= 11 is 0. The van der Waals surface area contributed by atoms with E-state index in [9.17, 15) is 16.8 Å². The summed E-state index contributed by atoms with van der Waals surface area (Å²) in [6.45, 7) is 1.76. The van der Waals surface area contributed by atoms with Gasteiger partial charge in [0.25, 0.3) is 0 Å². The number of aromatic nitrogens is 1. The van der Waals surface area contributed by atoms with Crippen LogP contribution >= 0.6 is 0 Å². The molecule has 3 heterocycles. The molecule has 1 atom stereocenters. The molecule has 0 spiro atoms. The Morgan fingerprint density at radius 1 is 1.13 bits per heavy atom. The fraction of sp³-hybridized carbons (Fsp3) is 0.407. The number of benzene rings is 2. The minimum absolute atomic E-state index is 0.113. The van der Waals surface area contributed by atoms with Crippen molar-refractivity contribution in [3.63, 3.8) is 0 Å². The van der Waals surface area contributed by atoms with E-state index in [-0.39, 0.29) is 28.5 Å². The number of fused-ring (bicyclic) bond motifs is 1. The summed E-state index contributed by atoms with van der Waals surface area (Å²) in [5.74, 6) is 7.30. The van der Waals surface area contributed by atoms with Crippen LogP contribution in [0.3, 0.4) is 0 Å². The number of methoxy groups -OCH3 is 1. The van der Waals surface area contributed by atoms with E-state index in [1.165, 1.54) is 19.2 Å². The van der Waals surface area contributed by atoms with Gasteiger partial charge < -0.3 is 24.7 Å². The maximum absolute atomic E-state index is 11.8. The maximum Gasteiger partial charge on any atom is 0.175 e. The molecule has 2 aliphatic rings. The minimum Gasteiger partial charge on any atom is -0.495 e. The van der Waals surface area contributed by atoms with Gasteiger partial charge in [-0.2, -0.15) is 0 Å². The Balaban J connectivity index is 1.37. The van der Waals surface area contributed by atoms with E-state index in [1.807, 2.05) is 12.1 Å². The Kier molecular flexibility index (Phi) is 7.31. The van der Waals surface area contributed by atoms with Crippen molar-refractivity contribution in [3.8, 4) is 17.6 Å². The first kappa shape index (κ1) is 26.4. The molecule has 1 aromatic heterocycles. The van der Waals surface area contributed by atoms with Crippen molar-refractivity contribution in [2.45, 2.75) is 36.4 Å². The van der Waals surface area contributed by atoms with Crippen LogP contribution in [0, 0.1) is 11.8 Å². The van der Waals surface area contributed by atoms with Gasteiger partial charge in [0, 0.05) is 29.4 Å². The fourth-order valence-corrected chi connectivity index (χ4v) is 6.79. The molecule has 38 heavy (non-hydrogen) atoms. The second-order valence-corrected chi connectivity index (χ2v) is 14.0. The van der Waals surface area contributed by atoms with Gasteiger partial charge in [-0.3, -0.25) is 0 Å². The van der Waals surface area contributed by atoms with Gasteiger partial charge in [0.2, 0.25) is 0 Å². The Morgan fingerprint density at radius 3 is 2.58 bits per heavy atom. The zero-order chi connectivity index (χ0) is 26.9. The Labute approximate surface area is 223 Å². The average molecular weight is 558 g/mol. The van der Waals surface area contributed by atoms with Crippen LogP contribution in [-0.2, 0) is 31.0 Å². The van der Waals surface area contributed by atoms with Crippen molar-refractivity contribution in [2.24, 2.45) is 0 Å². The number of nitrogens with one attached hydrogen (secondary N) is 2. The highest BCUT2D eigenvalue weighted by atomic mass is 32.2. The van der Waals surface area contributed by atoms with E-state index in [0.717, 1.165) is 35.1 Å². The Morgan fingerprint density at radius 2 is 1.89 bits per heavy atom. The van der Waals surface area contributed by atoms with Crippen molar-refractivity contribution in [2.75, 3.05) is 48.7 Å². The normalized spacial score (nSPS) is 18.9. The first-order valence-corrected chi connectivity index (χ1v) is 16.2. The van der Waals surface area contributed by atoms with E-state index in [4.69, 9.17) is 9.47 Å². The van der Waals surface area contributed by atoms with Gasteiger partial charge >= 0.3 is 0 Å². The van der Waals surface area contributed by atoms with Crippen molar-refractivity contribution >= 4 is 42.0 Å². The molecule has 9 nitrogen and oxygen atoms in total. The lowest BCUT2D eigenvalue weighted by atomic mass is 10.1. The molecule has 3 aromatic rings. The number of sulfone groups is 2. The monoisotopic (exact) mass is 557 g/mol. The van der Waals surface area contributed by atoms with Crippen LogP contribution < -0.4 is 15.4 Å². The van der Waals surface area contributed by atoms with Crippen LogP contribution in [0.25, 0.3) is 10.9 Å². The third-order valence-corrected chi connectivity index (χ3v) is 9.66. The van der Waals surface area contributed by atoms with Crippen LogP contribution in [0.2, 0.25) is 0 Å². The second kappa shape index (κ2) is 10.5. The number of rotatable bonds is 8. The number of hydrogen-bond donors (Lipinski definition) is 2.